The number of carbonyl (C=O) groups is 1. The van der Waals surface area contributed by atoms with E-state index in [4.69, 9.17) is 4.74 Å². The van der Waals surface area contributed by atoms with Gasteiger partial charge in [0.2, 0.25) is 5.91 Å². The third-order valence-electron chi connectivity index (χ3n) is 8.68. The van der Waals surface area contributed by atoms with E-state index in [1.54, 1.807) is 11.0 Å². The van der Waals surface area contributed by atoms with E-state index >= 15 is 0 Å². The van der Waals surface area contributed by atoms with Crippen molar-refractivity contribution in [3.05, 3.63) is 58.7 Å². The maximum Gasteiger partial charge on any atom is 0.417 e. The predicted molar refractivity (Wildman–Crippen MR) is 124 cm³/mol. The fraction of sp³-hybridized carbons (Fsp3) is 0.556. The molecule has 3 heterocycles. The van der Waals surface area contributed by atoms with Gasteiger partial charge >= 0.3 is 6.18 Å². The molecule has 5 nitrogen and oxygen atoms in total. The number of amides is 1. The highest BCUT2D eigenvalue weighted by molar-refractivity contribution is 5.84. The maximum absolute atomic E-state index is 14.2. The first kappa shape index (κ1) is 23.7. The van der Waals surface area contributed by atoms with Crippen molar-refractivity contribution in [3.8, 4) is 5.75 Å². The monoisotopic (exact) mass is 503 g/mol. The summed E-state index contributed by atoms with van der Waals surface area (Å²) in [5, 5.41) is 3.70. The molecule has 2 aliphatic carbocycles. The number of alkyl halides is 3. The van der Waals surface area contributed by atoms with Gasteiger partial charge in [-0.3, -0.25) is 9.78 Å². The first-order valence-electron chi connectivity index (χ1n) is 12.8. The molecule has 4 atom stereocenters. The van der Waals surface area contributed by atoms with Crippen LogP contribution >= 0.6 is 0 Å². The van der Waals surface area contributed by atoms with Gasteiger partial charge < -0.3 is 15.0 Å². The maximum atomic E-state index is 14.2. The van der Waals surface area contributed by atoms with E-state index in [9.17, 15) is 22.4 Å². The van der Waals surface area contributed by atoms with E-state index in [0.717, 1.165) is 49.9 Å². The minimum Gasteiger partial charge on any atom is -0.490 e. The second-order valence-electron chi connectivity index (χ2n) is 10.7. The minimum absolute atomic E-state index is 0.0332. The topological polar surface area (TPSA) is 54.5 Å². The number of pyridine rings is 1. The van der Waals surface area contributed by atoms with E-state index in [-0.39, 0.29) is 36.3 Å². The highest BCUT2D eigenvalue weighted by Gasteiger charge is 2.56. The van der Waals surface area contributed by atoms with Crippen molar-refractivity contribution in [1.82, 2.24) is 15.2 Å². The Morgan fingerprint density at radius 2 is 2.11 bits per heavy atom. The zero-order valence-corrected chi connectivity index (χ0v) is 19.9. The van der Waals surface area contributed by atoms with Gasteiger partial charge in [0.05, 0.1) is 17.6 Å². The number of fused-ring (bicyclic) bond motifs is 3. The van der Waals surface area contributed by atoms with Crippen molar-refractivity contribution in [3.63, 3.8) is 0 Å². The molecule has 4 aliphatic rings. The standard InChI is InChI=1S/C27H29F4N3O2/c28-21-5-1-4-20-23(7-10-36-24(20)21)33-19-12-17-3-2-8-26(17,13-19)25(35)34-9-6-22-16(15-34)11-18(14-32-22)27(29,30)31/h1,4-5,11,14,17,19,23,33H,2-3,6-10,12-13,15H2/t17-,19-,23+,26-/m1/s1. The van der Waals surface area contributed by atoms with E-state index in [2.05, 4.69) is 10.3 Å². The molecular formula is C27H29F4N3O2. The lowest BCUT2D eigenvalue weighted by molar-refractivity contribution is -0.144. The summed E-state index contributed by atoms with van der Waals surface area (Å²) in [5.74, 6) is 0.262. The van der Waals surface area contributed by atoms with Crippen LogP contribution in [0.3, 0.4) is 0 Å². The van der Waals surface area contributed by atoms with Gasteiger partial charge in [0.25, 0.3) is 0 Å². The lowest BCUT2D eigenvalue weighted by atomic mass is 9.78. The van der Waals surface area contributed by atoms with E-state index < -0.39 is 17.2 Å². The molecule has 192 valence electrons. The van der Waals surface area contributed by atoms with Crippen molar-refractivity contribution in [1.29, 1.82) is 0 Å². The Morgan fingerprint density at radius 1 is 1.25 bits per heavy atom. The molecule has 2 saturated carbocycles. The number of rotatable bonds is 3. The highest BCUT2D eigenvalue weighted by atomic mass is 19.4. The molecule has 2 aromatic rings. The van der Waals surface area contributed by atoms with Crippen LogP contribution in [-0.2, 0) is 23.9 Å². The smallest absolute Gasteiger partial charge is 0.417 e. The Hall–Kier alpha value is -2.68. The fourth-order valence-electron chi connectivity index (χ4n) is 7.03. The second-order valence-corrected chi connectivity index (χ2v) is 10.7. The van der Waals surface area contributed by atoms with Crippen molar-refractivity contribution in [2.24, 2.45) is 11.3 Å². The van der Waals surface area contributed by atoms with E-state index in [0.29, 0.717) is 43.0 Å². The zero-order chi connectivity index (χ0) is 25.1. The van der Waals surface area contributed by atoms with Gasteiger partial charge in [-0.1, -0.05) is 18.6 Å². The fourth-order valence-corrected chi connectivity index (χ4v) is 7.03. The zero-order valence-electron chi connectivity index (χ0n) is 19.9. The minimum atomic E-state index is -4.46. The summed E-state index contributed by atoms with van der Waals surface area (Å²) < 4.78 is 59.5. The molecule has 1 aromatic carbocycles. The van der Waals surface area contributed by atoms with Gasteiger partial charge in [-0.2, -0.15) is 13.2 Å². The van der Waals surface area contributed by atoms with Gasteiger partial charge in [0.1, 0.15) is 0 Å². The van der Waals surface area contributed by atoms with Crippen molar-refractivity contribution < 1.29 is 27.1 Å². The predicted octanol–water partition coefficient (Wildman–Crippen LogP) is 5.19. The Kier molecular flexibility index (Phi) is 5.74. The summed E-state index contributed by atoms with van der Waals surface area (Å²) in [6.07, 6.45) is 1.96. The highest BCUT2D eigenvalue weighted by Crippen LogP contribution is 2.56. The van der Waals surface area contributed by atoms with Crippen LogP contribution in [0.1, 0.15) is 67.0 Å². The Balaban J connectivity index is 1.20. The summed E-state index contributed by atoms with van der Waals surface area (Å²) in [6, 6.07) is 6.22. The van der Waals surface area contributed by atoms with E-state index in [1.165, 1.54) is 6.07 Å². The van der Waals surface area contributed by atoms with Crippen LogP contribution in [0.15, 0.2) is 30.5 Å². The van der Waals surface area contributed by atoms with Gasteiger partial charge in [-0.15, -0.1) is 0 Å². The van der Waals surface area contributed by atoms with Crippen LogP contribution in [0.5, 0.6) is 5.75 Å². The molecule has 9 heteroatoms. The van der Waals surface area contributed by atoms with Crippen molar-refractivity contribution in [2.45, 2.75) is 69.8 Å². The Morgan fingerprint density at radius 3 is 2.94 bits per heavy atom. The summed E-state index contributed by atoms with van der Waals surface area (Å²) in [5.41, 5.74) is 0.693. The van der Waals surface area contributed by atoms with Crippen LogP contribution in [0.4, 0.5) is 17.6 Å². The molecular weight excluding hydrogens is 474 g/mol. The number of benzene rings is 1. The average molecular weight is 504 g/mol. The molecule has 36 heavy (non-hydrogen) atoms. The number of para-hydroxylation sites is 1. The number of nitrogens with one attached hydrogen (secondary N) is 1. The number of hydrogen-bond acceptors (Lipinski definition) is 4. The molecule has 2 fully saturated rings. The molecule has 1 amide bonds. The lowest BCUT2D eigenvalue weighted by Gasteiger charge is -2.37. The summed E-state index contributed by atoms with van der Waals surface area (Å²) >= 11 is 0. The van der Waals surface area contributed by atoms with Crippen molar-refractivity contribution >= 4 is 5.91 Å². The lowest BCUT2D eigenvalue weighted by Crippen LogP contribution is -2.47. The molecule has 0 saturated heterocycles. The number of nitrogens with zero attached hydrogens (tertiary/aromatic N) is 2. The molecule has 0 spiro atoms. The SMILES string of the molecule is O=C(N1CCc2ncc(C(F)(F)F)cc2C1)[C@@]12CCC[C@@H]1C[C@@H](N[C@H]1CCOc3c(F)cccc31)C2. The van der Waals surface area contributed by atoms with Crippen LogP contribution in [0.25, 0.3) is 0 Å². The summed E-state index contributed by atoms with van der Waals surface area (Å²) in [7, 11) is 0. The van der Waals surface area contributed by atoms with Gasteiger partial charge in [-0.25, -0.2) is 4.39 Å². The molecule has 0 unspecified atom stereocenters. The Labute approximate surface area is 207 Å². The molecule has 1 aromatic heterocycles. The van der Waals surface area contributed by atoms with E-state index in [1.807, 2.05) is 6.07 Å². The van der Waals surface area contributed by atoms with Crippen LogP contribution in [0, 0.1) is 17.2 Å². The number of aromatic nitrogens is 1. The van der Waals surface area contributed by atoms with Crippen LogP contribution in [-0.4, -0.2) is 35.0 Å². The number of hydrogen-bond donors (Lipinski definition) is 1. The Bertz CT molecular complexity index is 1190. The van der Waals surface area contributed by atoms with Crippen LogP contribution in [0.2, 0.25) is 0 Å². The normalized spacial score (nSPS) is 29.3. The number of halogens is 4. The largest absolute Gasteiger partial charge is 0.490 e. The quantitative estimate of drug-likeness (QED) is 0.586. The summed E-state index contributed by atoms with van der Waals surface area (Å²) in [6.45, 7) is 1.08. The number of carbonyl (C=O) groups excluding carboxylic acids is 1. The number of ether oxygens (including phenoxy) is 1. The molecule has 0 radical (unpaired) electrons. The average Bonchev–Trinajstić information content (AvgIpc) is 3.41. The van der Waals surface area contributed by atoms with Gasteiger partial charge in [0.15, 0.2) is 11.6 Å². The summed E-state index contributed by atoms with van der Waals surface area (Å²) in [4.78, 5) is 19.8. The van der Waals surface area contributed by atoms with Crippen molar-refractivity contribution in [2.75, 3.05) is 13.2 Å². The first-order chi connectivity index (χ1) is 17.2. The van der Waals surface area contributed by atoms with Gasteiger partial charge in [-0.05, 0) is 49.3 Å². The van der Waals surface area contributed by atoms with Crippen LogP contribution < -0.4 is 10.1 Å². The molecule has 1 N–H and O–H groups in total. The molecule has 6 rings (SSSR count). The third kappa shape index (κ3) is 3.96. The molecule has 2 aliphatic heterocycles. The third-order valence-corrected chi connectivity index (χ3v) is 8.68. The second kappa shape index (κ2) is 8.71. The van der Waals surface area contributed by atoms with Gasteiger partial charge in [0, 0.05) is 55.5 Å². The molecule has 0 bridgehead atoms. The first-order valence-corrected chi connectivity index (χ1v) is 12.8.